The molecule has 0 bridgehead atoms. The summed E-state index contributed by atoms with van der Waals surface area (Å²) in [5.41, 5.74) is 5.70. The third-order valence-electron chi connectivity index (χ3n) is 11.3. The van der Waals surface area contributed by atoms with Crippen molar-refractivity contribution in [2.45, 2.75) is 0 Å². The Kier molecular flexibility index (Phi) is 7.75. The summed E-state index contributed by atoms with van der Waals surface area (Å²) in [7, 11) is 0. The van der Waals surface area contributed by atoms with E-state index < -0.39 is 0 Å². The average Bonchev–Trinajstić information content (AvgIpc) is 3.64. The summed E-state index contributed by atoms with van der Waals surface area (Å²) < 4.78 is 2.61. The molecule has 11 rings (SSSR count). The second-order valence-electron chi connectivity index (χ2n) is 14.4. The van der Waals surface area contributed by atoms with Gasteiger partial charge in [-0.3, -0.25) is 0 Å². The zero-order chi connectivity index (χ0) is 37.0. The molecule has 2 heteroatoms. The number of hydrogen-bond donors (Lipinski definition) is 0. The number of hydrogen-bond acceptors (Lipinski definition) is 2. The summed E-state index contributed by atoms with van der Waals surface area (Å²) in [5.74, 6) is 0. The molecule has 0 aliphatic heterocycles. The van der Waals surface area contributed by atoms with E-state index in [1.807, 2.05) is 11.3 Å². The van der Waals surface area contributed by atoms with Gasteiger partial charge in [0.2, 0.25) is 0 Å². The molecule has 0 radical (unpaired) electrons. The van der Waals surface area contributed by atoms with E-state index in [1.54, 1.807) is 0 Å². The number of benzene rings is 9. The van der Waals surface area contributed by atoms with Crippen molar-refractivity contribution in [2.24, 2.45) is 0 Å². The van der Waals surface area contributed by atoms with Crippen LogP contribution in [0.15, 0.2) is 212 Å². The molecule has 0 saturated carbocycles. The lowest BCUT2D eigenvalue weighted by molar-refractivity contribution is 1.29. The molecular weight excluding hydrogens is 695 g/mol. The van der Waals surface area contributed by atoms with E-state index in [4.69, 9.17) is 0 Å². The van der Waals surface area contributed by atoms with Crippen molar-refractivity contribution >= 4 is 102 Å². The minimum atomic E-state index is 1.10. The van der Waals surface area contributed by atoms with Gasteiger partial charge in [-0.1, -0.05) is 164 Å². The first-order valence-corrected chi connectivity index (χ1v) is 20.0. The summed E-state index contributed by atoms with van der Waals surface area (Å²) >= 11 is 1.88. The summed E-state index contributed by atoms with van der Waals surface area (Å²) in [6.45, 7) is 0. The van der Waals surface area contributed by atoms with Crippen LogP contribution in [0.3, 0.4) is 0 Å². The number of para-hydroxylation sites is 2. The summed E-state index contributed by atoms with van der Waals surface area (Å²) in [4.78, 5) is 2.42. The van der Waals surface area contributed by atoms with Crippen molar-refractivity contribution in [1.29, 1.82) is 0 Å². The van der Waals surface area contributed by atoms with Crippen LogP contribution in [-0.4, -0.2) is 0 Å². The van der Waals surface area contributed by atoms with Crippen molar-refractivity contribution < 1.29 is 0 Å². The lowest BCUT2D eigenvalue weighted by atomic mass is 9.93. The molecule has 0 amide bonds. The van der Waals surface area contributed by atoms with Gasteiger partial charge in [0.1, 0.15) is 0 Å². The van der Waals surface area contributed by atoms with Crippen molar-refractivity contribution in [3.8, 4) is 11.1 Å². The van der Waals surface area contributed by atoms with Crippen LogP contribution in [0.5, 0.6) is 0 Å². The van der Waals surface area contributed by atoms with Crippen LogP contribution >= 0.6 is 11.3 Å². The third kappa shape index (κ3) is 5.30. The number of fused-ring (bicyclic) bond motifs is 13. The topological polar surface area (TPSA) is 3.24 Å². The smallest absolute Gasteiger partial charge is 0.0540 e. The molecule has 1 aromatic heterocycles. The lowest BCUT2D eigenvalue weighted by Gasteiger charge is -2.28. The molecule has 56 heavy (non-hydrogen) atoms. The molecule has 1 nitrogen and oxygen atoms in total. The minimum absolute atomic E-state index is 1.10. The molecule has 0 atom stereocenters. The van der Waals surface area contributed by atoms with Gasteiger partial charge in [0.25, 0.3) is 0 Å². The Labute approximate surface area is 329 Å². The summed E-state index contributed by atoms with van der Waals surface area (Å²) in [5, 5.41) is 14.9. The highest BCUT2D eigenvalue weighted by atomic mass is 32.1. The van der Waals surface area contributed by atoms with E-state index in [9.17, 15) is 0 Å². The molecule has 0 fully saturated rings. The van der Waals surface area contributed by atoms with E-state index in [1.165, 1.54) is 85.2 Å². The van der Waals surface area contributed by atoms with Gasteiger partial charge < -0.3 is 4.90 Å². The lowest BCUT2D eigenvalue weighted by Crippen LogP contribution is -2.11. The molecular formula is C54H35NS. The molecule has 11 aromatic rings. The Balaban J connectivity index is 1.35. The maximum atomic E-state index is 2.47. The van der Waals surface area contributed by atoms with E-state index in [-0.39, 0.29) is 0 Å². The van der Waals surface area contributed by atoms with Crippen LogP contribution in [0.4, 0.5) is 17.1 Å². The summed E-state index contributed by atoms with van der Waals surface area (Å²) in [6, 6.07) is 78.0. The highest BCUT2D eigenvalue weighted by molar-refractivity contribution is 7.25. The maximum Gasteiger partial charge on any atom is 0.0540 e. The van der Waals surface area contributed by atoms with Crippen molar-refractivity contribution in [1.82, 2.24) is 0 Å². The van der Waals surface area contributed by atoms with Gasteiger partial charge in [-0.25, -0.2) is 0 Å². The first-order valence-electron chi connectivity index (χ1n) is 19.2. The van der Waals surface area contributed by atoms with Gasteiger partial charge in [-0.2, -0.15) is 0 Å². The second-order valence-corrected chi connectivity index (χ2v) is 15.5. The predicted molar refractivity (Wildman–Crippen MR) is 245 cm³/mol. The van der Waals surface area contributed by atoms with Crippen molar-refractivity contribution in [3.63, 3.8) is 0 Å². The number of rotatable bonds is 4. The molecule has 0 aliphatic carbocycles. The molecule has 0 unspecified atom stereocenters. The van der Waals surface area contributed by atoms with Crippen LogP contribution in [-0.2, 0) is 0 Å². The van der Waals surface area contributed by atoms with Gasteiger partial charge in [0, 0.05) is 37.1 Å². The van der Waals surface area contributed by atoms with Crippen molar-refractivity contribution in [2.75, 3.05) is 4.90 Å². The monoisotopic (exact) mass is 729 g/mol. The van der Waals surface area contributed by atoms with Gasteiger partial charge in [-0.05, 0) is 108 Å². The largest absolute Gasteiger partial charge is 0.310 e. The first kappa shape index (κ1) is 32.4. The van der Waals surface area contributed by atoms with Gasteiger partial charge in [0.15, 0.2) is 0 Å². The number of thiophene rings is 1. The Hall–Kier alpha value is -7.00. The number of nitrogens with zero attached hydrogens (tertiary/aromatic N) is 1. The molecule has 1 heterocycles. The predicted octanol–water partition coefficient (Wildman–Crippen LogP) is 16.1. The fraction of sp³-hybridized carbons (Fsp3) is 0. The van der Waals surface area contributed by atoms with Crippen LogP contribution in [0.2, 0.25) is 0 Å². The zero-order valence-corrected chi connectivity index (χ0v) is 31.4. The fourth-order valence-corrected chi connectivity index (χ4v) is 9.87. The first-order chi connectivity index (χ1) is 27.8. The molecule has 0 aliphatic rings. The Morgan fingerprint density at radius 3 is 1.38 bits per heavy atom. The highest BCUT2D eigenvalue weighted by Crippen LogP contribution is 2.45. The molecule has 0 saturated heterocycles. The van der Waals surface area contributed by atoms with E-state index in [2.05, 4.69) is 217 Å². The fourth-order valence-electron chi connectivity index (χ4n) is 8.74. The van der Waals surface area contributed by atoms with Crippen LogP contribution in [0.25, 0.3) is 85.2 Å². The number of anilines is 3. The molecule has 0 spiro atoms. The molecule has 0 N–H and O–H groups in total. The van der Waals surface area contributed by atoms with E-state index >= 15 is 0 Å². The highest BCUT2D eigenvalue weighted by Gasteiger charge is 2.19. The quantitative estimate of drug-likeness (QED) is 0.174. The SMILES string of the molecule is c1ccc(-c2ccccc2N(c2ccccc2)c2ccc3c(c2)c2ccccc2c2ccccc2c2ccccc2c2cc4sc5ccccc5c4cc32)cc1. The zero-order valence-electron chi connectivity index (χ0n) is 30.6. The van der Waals surface area contributed by atoms with Gasteiger partial charge in [0.05, 0.1) is 5.69 Å². The Morgan fingerprint density at radius 1 is 0.268 bits per heavy atom. The average molecular weight is 730 g/mol. The maximum absolute atomic E-state index is 2.47. The van der Waals surface area contributed by atoms with Gasteiger partial charge in [-0.15, -0.1) is 11.3 Å². The normalized spacial score (nSPS) is 11.6. The van der Waals surface area contributed by atoms with Crippen LogP contribution in [0, 0.1) is 0 Å². The standard InChI is InChI=1S/C54H35NS/c1-3-17-36(18-4-1)39-21-13-15-29-52(39)55(37-19-5-2-6-20-37)38-31-32-46-48(33-38)44-26-11-9-24-42(44)40-22-7-8-23-41(40)43-25-10-12-27-45(43)50-35-54-51(34-49(46)50)47-28-14-16-30-53(47)56-54/h1-35H. The van der Waals surface area contributed by atoms with Gasteiger partial charge >= 0.3 is 0 Å². The van der Waals surface area contributed by atoms with Crippen LogP contribution in [0.1, 0.15) is 0 Å². The van der Waals surface area contributed by atoms with E-state index in [0.29, 0.717) is 0 Å². The van der Waals surface area contributed by atoms with Crippen molar-refractivity contribution in [3.05, 3.63) is 212 Å². The Bertz CT molecular complexity index is 3360. The Morgan fingerprint density at radius 2 is 0.732 bits per heavy atom. The summed E-state index contributed by atoms with van der Waals surface area (Å²) in [6.07, 6.45) is 0. The molecule has 262 valence electrons. The van der Waals surface area contributed by atoms with E-state index in [0.717, 1.165) is 17.1 Å². The molecule has 10 aromatic carbocycles. The van der Waals surface area contributed by atoms with Crippen LogP contribution < -0.4 is 4.90 Å². The minimum Gasteiger partial charge on any atom is -0.310 e. The second kappa shape index (κ2) is 13.4. The third-order valence-corrected chi connectivity index (χ3v) is 12.4.